The van der Waals surface area contributed by atoms with Crippen LogP contribution in [0.2, 0.25) is 0 Å². The zero-order valence-corrected chi connectivity index (χ0v) is 17.7. The summed E-state index contributed by atoms with van der Waals surface area (Å²) in [7, 11) is 0. The zero-order chi connectivity index (χ0) is 20.8. The van der Waals surface area contributed by atoms with Gasteiger partial charge in [0.05, 0.1) is 16.7 Å². The number of hydrogen-bond acceptors (Lipinski definition) is 5. The van der Waals surface area contributed by atoms with Crippen molar-refractivity contribution in [1.82, 2.24) is 4.98 Å². The van der Waals surface area contributed by atoms with Crippen LogP contribution in [0.25, 0.3) is 0 Å². The molecule has 3 aromatic rings. The predicted molar refractivity (Wildman–Crippen MR) is 116 cm³/mol. The van der Waals surface area contributed by atoms with E-state index in [1.807, 2.05) is 24.3 Å². The number of carbonyl (C=O) groups is 1. The molecular weight excluding hydrogens is 387 g/mol. The van der Waals surface area contributed by atoms with Crippen molar-refractivity contribution in [3.8, 4) is 5.75 Å². The van der Waals surface area contributed by atoms with Crippen LogP contribution in [0.15, 0.2) is 48.5 Å². The summed E-state index contributed by atoms with van der Waals surface area (Å²) in [5.74, 6) is 0.189. The van der Waals surface area contributed by atoms with E-state index in [2.05, 4.69) is 24.1 Å². The number of thiazole rings is 1. The average molecular weight is 413 g/mol. The minimum absolute atomic E-state index is 0.224. The number of halogens is 1. The quantitative estimate of drug-likeness (QED) is 0.406. The Balaban J connectivity index is 1.70. The SMILES string of the molecule is CCCC(CC)Oc1ccc(Nc2nc(C)c(C(=O)c3cccc(F)c3)s2)cc1. The van der Waals surface area contributed by atoms with E-state index in [0.29, 0.717) is 21.3 Å². The van der Waals surface area contributed by atoms with Crippen LogP contribution in [0.5, 0.6) is 5.75 Å². The molecule has 4 nitrogen and oxygen atoms in total. The molecule has 3 rings (SSSR count). The first kappa shape index (κ1) is 21.0. The van der Waals surface area contributed by atoms with Gasteiger partial charge in [-0.15, -0.1) is 0 Å². The highest BCUT2D eigenvalue weighted by Gasteiger charge is 2.18. The molecule has 0 radical (unpaired) electrons. The fraction of sp³-hybridized carbons (Fsp3) is 0.304. The molecule has 0 saturated heterocycles. The summed E-state index contributed by atoms with van der Waals surface area (Å²) in [4.78, 5) is 17.6. The summed E-state index contributed by atoms with van der Waals surface area (Å²) < 4.78 is 19.4. The second-order valence-electron chi connectivity index (χ2n) is 6.86. The summed E-state index contributed by atoms with van der Waals surface area (Å²) in [6, 6.07) is 13.4. The molecule has 2 aromatic carbocycles. The van der Waals surface area contributed by atoms with Crippen LogP contribution in [0.3, 0.4) is 0 Å². The van der Waals surface area contributed by atoms with Crippen LogP contribution in [0, 0.1) is 12.7 Å². The summed E-state index contributed by atoms with van der Waals surface area (Å²) >= 11 is 1.26. The van der Waals surface area contributed by atoms with Gasteiger partial charge in [0.2, 0.25) is 5.78 Å². The molecule has 1 aromatic heterocycles. The fourth-order valence-corrected chi connectivity index (χ4v) is 3.97. The molecule has 1 N–H and O–H groups in total. The molecule has 0 aliphatic carbocycles. The van der Waals surface area contributed by atoms with Crippen molar-refractivity contribution in [2.75, 3.05) is 5.32 Å². The monoisotopic (exact) mass is 412 g/mol. The summed E-state index contributed by atoms with van der Waals surface area (Å²) in [5, 5.41) is 3.85. The number of benzene rings is 2. The third kappa shape index (κ3) is 5.41. The van der Waals surface area contributed by atoms with E-state index < -0.39 is 5.82 Å². The smallest absolute Gasteiger partial charge is 0.205 e. The van der Waals surface area contributed by atoms with Crippen molar-refractivity contribution in [2.24, 2.45) is 0 Å². The van der Waals surface area contributed by atoms with E-state index in [9.17, 15) is 9.18 Å². The minimum Gasteiger partial charge on any atom is -0.490 e. The third-order valence-electron chi connectivity index (χ3n) is 4.56. The molecule has 0 aliphatic heterocycles. The van der Waals surface area contributed by atoms with E-state index in [1.54, 1.807) is 13.0 Å². The zero-order valence-electron chi connectivity index (χ0n) is 16.9. The van der Waals surface area contributed by atoms with Gasteiger partial charge in [-0.25, -0.2) is 9.37 Å². The summed E-state index contributed by atoms with van der Waals surface area (Å²) in [6.45, 7) is 6.07. The fourth-order valence-electron chi connectivity index (χ4n) is 3.02. The number of ketones is 1. The maximum atomic E-state index is 13.4. The van der Waals surface area contributed by atoms with Gasteiger partial charge in [0.15, 0.2) is 5.13 Å². The summed E-state index contributed by atoms with van der Waals surface area (Å²) in [6.07, 6.45) is 3.35. The number of aryl methyl sites for hydroxylation is 1. The summed E-state index contributed by atoms with van der Waals surface area (Å²) in [5.41, 5.74) is 1.80. The van der Waals surface area contributed by atoms with Crippen LogP contribution in [0.4, 0.5) is 15.2 Å². The Hall–Kier alpha value is -2.73. The first-order chi connectivity index (χ1) is 14.0. The van der Waals surface area contributed by atoms with Gasteiger partial charge in [-0.1, -0.05) is 43.7 Å². The van der Waals surface area contributed by atoms with Crippen molar-refractivity contribution in [1.29, 1.82) is 0 Å². The second kappa shape index (κ2) is 9.65. The van der Waals surface area contributed by atoms with E-state index in [1.165, 1.54) is 29.5 Å². The van der Waals surface area contributed by atoms with Gasteiger partial charge in [0, 0.05) is 11.3 Å². The molecule has 6 heteroatoms. The van der Waals surface area contributed by atoms with Gasteiger partial charge in [-0.2, -0.15) is 0 Å². The minimum atomic E-state index is -0.428. The van der Waals surface area contributed by atoms with E-state index >= 15 is 0 Å². The standard InChI is InChI=1S/C23H25FN2O2S/c1-4-7-19(5-2)28-20-12-10-18(11-13-20)26-23-25-15(3)22(29-23)21(27)16-8-6-9-17(24)14-16/h6,8-14,19H,4-5,7H2,1-3H3,(H,25,26). The third-order valence-corrected chi connectivity index (χ3v) is 5.64. The first-order valence-corrected chi connectivity index (χ1v) is 10.6. The van der Waals surface area contributed by atoms with Crippen molar-refractivity contribution in [2.45, 2.75) is 46.1 Å². The van der Waals surface area contributed by atoms with Crippen LogP contribution >= 0.6 is 11.3 Å². The number of carbonyl (C=O) groups excluding carboxylic acids is 1. The first-order valence-electron chi connectivity index (χ1n) is 9.81. The van der Waals surface area contributed by atoms with Crippen LogP contribution < -0.4 is 10.1 Å². The lowest BCUT2D eigenvalue weighted by atomic mass is 10.1. The van der Waals surface area contributed by atoms with Crippen molar-refractivity contribution in [3.63, 3.8) is 0 Å². The highest BCUT2D eigenvalue weighted by molar-refractivity contribution is 7.17. The maximum Gasteiger partial charge on any atom is 0.205 e. The highest BCUT2D eigenvalue weighted by Crippen LogP contribution is 2.29. The van der Waals surface area contributed by atoms with Crippen LogP contribution in [0.1, 0.15) is 54.0 Å². The number of aromatic nitrogens is 1. The van der Waals surface area contributed by atoms with Gasteiger partial charge in [0.25, 0.3) is 0 Å². The highest BCUT2D eigenvalue weighted by atomic mass is 32.1. The molecule has 1 atom stereocenters. The molecule has 0 spiro atoms. The molecule has 152 valence electrons. The van der Waals surface area contributed by atoms with E-state index in [-0.39, 0.29) is 11.9 Å². The Morgan fingerprint density at radius 2 is 1.97 bits per heavy atom. The normalized spacial score (nSPS) is 11.9. The Morgan fingerprint density at radius 1 is 1.21 bits per heavy atom. The molecule has 0 amide bonds. The van der Waals surface area contributed by atoms with Gasteiger partial charge in [-0.05, 0) is 56.2 Å². The number of nitrogens with zero attached hydrogens (tertiary/aromatic N) is 1. The number of ether oxygens (including phenoxy) is 1. The largest absolute Gasteiger partial charge is 0.490 e. The van der Waals surface area contributed by atoms with Gasteiger partial charge in [0.1, 0.15) is 11.6 Å². The van der Waals surface area contributed by atoms with E-state index in [0.717, 1.165) is 30.7 Å². The molecule has 0 aliphatic rings. The molecule has 1 unspecified atom stereocenters. The lowest BCUT2D eigenvalue weighted by Crippen LogP contribution is -2.14. The van der Waals surface area contributed by atoms with Crippen molar-refractivity contribution < 1.29 is 13.9 Å². The lowest BCUT2D eigenvalue weighted by molar-refractivity contribution is 0.104. The Bertz CT molecular complexity index is 969. The Morgan fingerprint density at radius 3 is 2.62 bits per heavy atom. The average Bonchev–Trinajstić information content (AvgIpc) is 3.08. The van der Waals surface area contributed by atoms with Crippen LogP contribution in [-0.2, 0) is 0 Å². The van der Waals surface area contributed by atoms with Gasteiger partial charge < -0.3 is 10.1 Å². The van der Waals surface area contributed by atoms with Crippen LogP contribution in [-0.4, -0.2) is 16.9 Å². The molecule has 1 heterocycles. The predicted octanol–water partition coefficient (Wildman–Crippen LogP) is 6.52. The molecular formula is C23H25FN2O2S. The number of hydrogen-bond donors (Lipinski definition) is 1. The van der Waals surface area contributed by atoms with Gasteiger partial charge >= 0.3 is 0 Å². The molecule has 0 bridgehead atoms. The number of nitrogens with one attached hydrogen (secondary N) is 1. The number of anilines is 2. The Kier molecular flexibility index (Phi) is 6.99. The molecule has 0 fully saturated rings. The lowest BCUT2D eigenvalue weighted by Gasteiger charge is -2.17. The topological polar surface area (TPSA) is 51.2 Å². The molecule has 29 heavy (non-hydrogen) atoms. The maximum absolute atomic E-state index is 13.4. The van der Waals surface area contributed by atoms with Crippen molar-refractivity contribution >= 4 is 27.9 Å². The molecule has 0 saturated carbocycles. The van der Waals surface area contributed by atoms with Gasteiger partial charge in [-0.3, -0.25) is 4.79 Å². The van der Waals surface area contributed by atoms with E-state index in [4.69, 9.17) is 4.74 Å². The van der Waals surface area contributed by atoms with Crippen molar-refractivity contribution in [3.05, 3.63) is 70.5 Å². The Labute approximate surface area is 174 Å². The number of rotatable bonds is 9. The second-order valence-corrected chi connectivity index (χ2v) is 7.86.